The molecule has 88 valence electrons. The third kappa shape index (κ3) is 2.63. The summed E-state index contributed by atoms with van der Waals surface area (Å²) in [5.74, 6) is -1.25. The fourth-order valence-electron chi connectivity index (χ4n) is 1.26. The Bertz CT molecular complexity index is 410. The molecule has 0 bridgehead atoms. The number of pyridine rings is 1. The number of carboxylic acids is 1. The molecule has 0 saturated carbocycles. The van der Waals surface area contributed by atoms with Gasteiger partial charge >= 0.3 is 5.97 Å². The molecule has 1 heterocycles. The Labute approximate surface area is 90.1 Å². The second-order valence-corrected chi connectivity index (χ2v) is 3.14. The number of carbonyl (C=O) groups is 1. The number of nitrogen functional groups attached to an aromatic ring is 1. The van der Waals surface area contributed by atoms with E-state index in [1.807, 2.05) is 0 Å². The van der Waals surface area contributed by atoms with Crippen LogP contribution >= 0.6 is 0 Å². The van der Waals surface area contributed by atoms with Crippen LogP contribution < -0.4 is 11.5 Å². The van der Waals surface area contributed by atoms with Crippen molar-refractivity contribution in [1.29, 1.82) is 0 Å². The summed E-state index contributed by atoms with van der Waals surface area (Å²) in [7, 11) is 0. The molecule has 0 aliphatic rings. The van der Waals surface area contributed by atoms with Gasteiger partial charge in [-0.05, 0) is 6.07 Å². The molecular weight excluding hydrogens is 220 g/mol. The van der Waals surface area contributed by atoms with Crippen LogP contribution in [0.3, 0.4) is 0 Å². The Morgan fingerprint density at radius 1 is 1.56 bits per heavy atom. The molecule has 0 fully saturated rings. The summed E-state index contributed by atoms with van der Waals surface area (Å²) in [6.07, 6.45) is -3.39. The van der Waals surface area contributed by atoms with Crippen LogP contribution in [-0.2, 0) is 17.8 Å². The predicted molar refractivity (Wildman–Crippen MR) is 52.8 cm³/mol. The molecule has 0 spiro atoms. The third-order valence-electron chi connectivity index (χ3n) is 2.02. The summed E-state index contributed by atoms with van der Waals surface area (Å²) < 4.78 is 25.2. The summed E-state index contributed by atoms with van der Waals surface area (Å²) in [6.45, 7) is -0.0219. The number of halogens is 2. The van der Waals surface area contributed by atoms with Gasteiger partial charge in [-0.15, -0.1) is 0 Å². The number of aliphatic carboxylic acids is 1. The lowest BCUT2D eigenvalue weighted by molar-refractivity contribution is -0.136. The van der Waals surface area contributed by atoms with E-state index in [9.17, 15) is 13.6 Å². The first-order chi connectivity index (χ1) is 7.45. The molecular formula is C9H11F2N3O2. The minimum atomic E-state index is -2.80. The molecule has 1 rings (SSSR count). The zero-order valence-electron chi connectivity index (χ0n) is 8.28. The largest absolute Gasteiger partial charge is 0.481 e. The summed E-state index contributed by atoms with van der Waals surface area (Å²) >= 11 is 0. The van der Waals surface area contributed by atoms with Crippen molar-refractivity contribution >= 4 is 11.8 Å². The monoisotopic (exact) mass is 231 g/mol. The molecule has 16 heavy (non-hydrogen) atoms. The van der Waals surface area contributed by atoms with Gasteiger partial charge in [0.1, 0.15) is 5.82 Å². The van der Waals surface area contributed by atoms with Gasteiger partial charge in [0, 0.05) is 17.7 Å². The maximum absolute atomic E-state index is 12.6. The van der Waals surface area contributed by atoms with Crippen molar-refractivity contribution in [3.05, 3.63) is 22.9 Å². The van der Waals surface area contributed by atoms with E-state index in [2.05, 4.69) is 4.98 Å². The minimum absolute atomic E-state index is 0.0110. The summed E-state index contributed by atoms with van der Waals surface area (Å²) in [5, 5.41) is 8.54. The van der Waals surface area contributed by atoms with E-state index < -0.39 is 24.4 Å². The van der Waals surface area contributed by atoms with Crippen LogP contribution in [0, 0.1) is 0 Å². The zero-order valence-corrected chi connectivity index (χ0v) is 8.28. The number of hydrogen-bond donors (Lipinski definition) is 3. The topological polar surface area (TPSA) is 102 Å². The highest BCUT2D eigenvalue weighted by atomic mass is 19.3. The second kappa shape index (κ2) is 4.84. The van der Waals surface area contributed by atoms with Crippen LogP contribution in [0.15, 0.2) is 6.07 Å². The van der Waals surface area contributed by atoms with E-state index in [-0.39, 0.29) is 23.6 Å². The quantitative estimate of drug-likeness (QED) is 0.707. The van der Waals surface area contributed by atoms with Gasteiger partial charge in [0.2, 0.25) is 0 Å². The van der Waals surface area contributed by atoms with Crippen LogP contribution in [0.5, 0.6) is 0 Å². The normalized spacial score (nSPS) is 10.8. The lowest BCUT2D eigenvalue weighted by Gasteiger charge is -2.10. The average molecular weight is 231 g/mol. The van der Waals surface area contributed by atoms with Crippen molar-refractivity contribution in [3.63, 3.8) is 0 Å². The maximum Gasteiger partial charge on any atom is 0.309 e. The Hall–Kier alpha value is -1.76. The number of alkyl halides is 2. The third-order valence-corrected chi connectivity index (χ3v) is 2.02. The van der Waals surface area contributed by atoms with Gasteiger partial charge < -0.3 is 16.6 Å². The Morgan fingerprint density at radius 3 is 2.62 bits per heavy atom. The minimum Gasteiger partial charge on any atom is -0.481 e. The summed E-state index contributed by atoms with van der Waals surface area (Å²) in [5.41, 5.74) is 10.4. The molecule has 1 aromatic rings. The average Bonchev–Trinajstić information content (AvgIpc) is 2.16. The molecule has 0 radical (unpaired) electrons. The maximum atomic E-state index is 12.6. The van der Waals surface area contributed by atoms with E-state index in [0.29, 0.717) is 0 Å². The van der Waals surface area contributed by atoms with Crippen molar-refractivity contribution in [3.8, 4) is 0 Å². The highest BCUT2D eigenvalue weighted by Gasteiger charge is 2.18. The van der Waals surface area contributed by atoms with Crippen LogP contribution in [0.4, 0.5) is 14.6 Å². The molecule has 5 nitrogen and oxygen atoms in total. The van der Waals surface area contributed by atoms with Gasteiger partial charge in [-0.25, -0.2) is 13.8 Å². The van der Waals surface area contributed by atoms with Crippen molar-refractivity contribution < 1.29 is 18.7 Å². The van der Waals surface area contributed by atoms with Crippen LogP contribution in [0.25, 0.3) is 0 Å². The van der Waals surface area contributed by atoms with Gasteiger partial charge in [0.15, 0.2) is 0 Å². The number of anilines is 1. The number of carboxylic acid groups (broad SMARTS) is 1. The molecule has 0 saturated heterocycles. The van der Waals surface area contributed by atoms with Gasteiger partial charge in [-0.3, -0.25) is 4.79 Å². The molecule has 1 aromatic heterocycles. The zero-order chi connectivity index (χ0) is 12.3. The molecule has 0 amide bonds. The van der Waals surface area contributed by atoms with Gasteiger partial charge in [0.05, 0.1) is 12.1 Å². The van der Waals surface area contributed by atoms with Crippen LogP contribution in [0.1, 0.15) is 23.2 Å². The number of rotatable bonds is 4. The van der Waals surface area contributed by atoms with Gasteiger partial charge in [0.25, 0.3) is 6.43 Å². The fraction of sp³-hybridized carbons (Fsp3) is 0.333. The first-order valence-corrected chi connectivity index (χ1v) is 4.43. The van der Waals surface area contributed by atoms with Crippen molar-refractivity contribution in [2.24, 2.45) is 5.73 Å². The fourth-order valence-corrected chi connectivity index (χ4v) is 1.26. The molecule has 5 N–H and O–H groups in total. The Kier molecular flexibility index (Phi) is 3.73. The number of nitrogens with two attached hydrogens (primary N) is 2. The van der Waals surface area contributed by atoms with E-state index in [1.165, 1.54) is 0 Å². The molecule has 0 aliphatic carbocycles. The second-order valence-electron chi connectivity index (χ2n) is 3.14. The summed E-state index contributed by atoms with van der Waals surface area (Å²) in [6, 6.07) is 1.10. The van der Waals surface area contributed by atoms with Gasteiger partial charge in [-0.2, -0.15) is 0 Å². The van der Waals surface area contributed by atoms with E-state index in [0.717, 1.165) is 6.07 Å². The standard InChI is InChI=1S/C9H11F2N3O2/c10-8(11)5-1-4(3-12)9(13)14-6(5)2-7(15)16/h1,8H,2-3,12H2,(H2,13,14)(H,15,16). The van der Waals surface area contributed by atoms with E-state index in [1.54, 1.807) is 0 Å². The highest BCUT2D eigenvalue weighted by molar-refractivity contribution is 5.70. The Morgan fingerprint density at radius 2 is 2.19 bits per heavy atom. The molecule has 0 aliphatic heterocycles. The van der Waals surface area contributed by atoms with E-state index >= 15 is 0 Å². The first-order valence-electron chi connectivity index (χ1n) is 4.43. The summed E-state index contributed by atoms with van der Waals surface area (Å²) in [4.78, 5) is 14.1. The van der Waals surface area contributed by atoms with Crippen LogP contribution in [-0.4, -0.2) is 16.1 Å². The van der Waals surface area contributed by atoms with Crippen molar-refractivity contribution in [1.82, 2.24) is 4.98 Å². The van der Waals surface area contributed by atoms with Crippen molar-refractivity contribution in [2.75, 3.05) is 5.73 Å². The SMILES string of the molecule is NCc1cc(C(F)F)c(CC(=O)O)nc1N. The van der Waals surface area contributed by atoms with E-state index in [4.69, 9.17) is 16.6 Å². The number of nitrogens with zero attached hydrogens (tertiary/aromatic N) is 1. The molecule has 7 heteroatoms. The molecule has 0 aromatic carbocycles. The highest BCUT2D eigenvalue weighted by Crippen LogP contribution is 2.25. The van der Waals surface area contributed by atoms with Crippen molar-refractivity contribution in [2.45, 2.75) is 19.4 Å². The first kappa shape index (κ1) is 12.3. The molecule has 0 unspecified atom stereocenters. The molecule has 0 atom stereocenters. The number of hydrogen-bond acceptors (Lipinski definition) is 4. The number of aromatic nitrogens is 1. The lowest BCUT2D eigenvalue weighted by Crippen LogP contribution is -2.12. The lowest BCUT2D eigenvalue weighted by atomic mass is 10.1. The Balaban J connectivity index is 3.24. The smallest absolute Gasteiger partial charge is 0.309 e. The van der Waals surface area contributed by atoms with Gasteiger partial charge in [-0.1, -0.05) is 0 Å². The predicted octanol–water partition coefficient (Wildman–Crippen LogP) is 0.687. The van der Waals surface area contributed by atoms with Crippen LogP contribution in [0.2, 0.25) is 0 Å².